The molecule has 1 atom stereocenters. The molecule has 0 aromatic heterocycles. The third kappa shape index (κ3) is 5.07. The first-order chi connectivity index (χ1) is 8.82. The molecule has 0 bridgehead atoms. The van der Waals surface area contributed by atoms with Crippen molar-refractivity contribution in [2.45, 2.75) is 25.6 Å². The van der Waals surface area contributed by atoms with Gasteiger partial charge < -0.3 is 16.2 Å². The van der Waals surface area contributed by atoms with Crippen LogP contribution in [0.3, 0.4) is 0 Å². The van der Waals surface area contributed by atoms with Crippen LogP contribution < -0.4 is 16.2 Å². The quantitative estimate of drug-likeness (QED) is 0.638. The number of hydrogen-bond acceptors (Lipinski definition) is 2. The summed E-state index contributed by atoms with van der Waals surface area (Å²) >= 11 is 0. The van der Waals surface area contributed by atoms with Crippen LogP contribution in [0.5, 0.6) is 5.75 Å². The maximum absolute atomic E-state index is 12.5. The van der Waals surface area contributed by atoms with Gasteiger partial charge in [-0.3, -0.25) is 0 Å². The highest BCUT2D eigenvalue weighted by Crippen LogP contribution is 2.31. The van der Waals surface area contributed by atoms with E-state index in [0.29, 0.717) is 6.42 Å². The van der Waals surface area contributed by atoms with Crippen LogP contribution in [0.25, 0.3) is 0 Å². The standard InChI is InChI=1S/C12H16F3N3O/c1-2-9(7-18-11(16)17)19-10-5-3-4-8(6-10)12(13,14)15/h3-6,9H,2,7H2,1H3,(H4,16,17,18). The first kappa shape index (κ1) is 15.1. The summed E-state index contributed by atoms with van der Waals surface area (Å²) in [4.78, 5) is 3.79. The van der Waals surface area contributed by atoms with Crippen molar-refractivity contribution in [1.29, 1.82) is 0 Å². The molecule has 19 heavy (non-hydrogen) atoms. The van der Waals surface area contributed by atoms with Crippen molar-refractivity contribution < 1.29 is 17.9 Å². The second-order valence-electron chi connectivity index (χ2n) is 3.94. The van der Waals surface area contributed by atoms with E-state index in [0.717, 1.165) is 12.1 Å². The maximum atomic E-state index is 12.5. The van der Waals surface area contributed by atoms with Gasteiger partial charge in [0, 0.05) is 0 Å². The molecule has 1 aromatic carbocycles. The highest BCUT2D eigenvalue weighted by atomic mass is 19.4. The molecule has 0 saturated carbocycles. The molecule has 4 N–H and O–H groups in total. The summed E-state index contributed by atoms with van der Waals surface area (Å²) < 4.78 is 43.0. The molecule has 0 amide bonds. The highest BCUT2D eigenvalue weighted by molar-refractivity contribution is 5.75. The molecule has 0 aliphatic rings. The normalized spacial score (nSPS) is 12.8. The zero-order valence-corrected chi connectivity index (χ0v) is 10.4. The van der Waals surface area contributed by atoms with Crippen molar-refractivity contribution in [3.63, 3.8) is 0 Å². The predicted molar refractivity (Wildman–Crippen MR) is 66.8 cm³/mol. The van der Waals surface area contributed by atoms with E-state index < -0.39 is 11.7 Å². The Kier molecular flexibility index (Phi) is 5.02. The SMILES string of the molecule is CCC(CN=C(N)N)Oc1cccc(C(F)(F)F)c1. The van der Waals surface area contributed by atoms with E-state index in [1.807, 2.05) is 6.92 Å². The Labute approximate surface area is 109 Å². The van der Waals surface area contributed by atoms with E-state index in [2.05, 4.69) is 4.99 Å². The highest BCUT2D eigenvalue weighted by Gasteiger charge is 2.30. The van der Waals surface area contributed by atoms with Gasteiger partial charge in [-0.05, 0) is 24.6 Å². The molecule has 106 valence electrons. The van der Waals surface area contributed by atoms with E-state index in [1.165, 1.54) is 12.1 Å². The van der Waals surface area contributed by atoms with Crippen LogP contribution in [0, 0.1) is 0 Å². The molecule has 0 saturated heterocycles. The van der Waals surface area contributed by atoms with Gasteiger partial charge in [-0.1, -0.05) is 13.0 Å². The second-order valence-corrected chi connectivity index (χ2v) is 3.94. The van der Waals surface area contributed by atoms with Crippen molar-refractivity contribution in [1.82, 2.24) is 0 Å². The molecule has 0 aliphatic carbocycles. The average Bonchev–Trinajstić information content (AvgIpc) is 2.33. The van der Waals surface area contributed by atoms with E-state index in [-0.39, 0.29) is 24.4 Å². The number of nitrogens with two attached hydrogens (primary N) is 2. The number of benzene rings is 1. The smallest absolute Gasteiger partial charge is 0.416 e. The summed E-state index contributed by atoms with van der Waals surface area (Å²) in [6.45, 7) is 2.04. The molecular formula is C12H16F3N3O. The van der Waals surface area contributed by atoms with E-state index in [1.54, 1.807) is 0 Å². The zero-order valence-electron chi connectivity index (χ0n) is 10.4. The summed E-state index contributed by atoms with van der Waals surface area (Å²) in [6.07, 6.45) is -4.18. The Bertz CT molecular complexity index is 442. The van der Waals surface area contributed by atoms with Gasteiger partial charge in [-0.2, -0.15) is 13.2 Å². The molecule has 1 rings (SSSR count). The van der Waals surface area contributed by atoms with Crippen molar-refractivity contribution in [3.8, 4) is 5.75 Å². The lowest BCUT2D eigenvalue weighted by molar-refractivity contribution is -0.137. The minimum Gasteiger partial charge on any atom is -0.488 e. The summed E-state index contributed by atoms with van der Waals surface area (Å²) in [7, 11) is 0. The van der Waals surface area contributed by atoms with Crippen LogP contribution in [0.15, 0.2) is 29.3 Å². The van der Waals surface area contributed by atoms with Gasteiger partial charge in [0.1, 0.15) is 11.9 Å². The van der Waals surface area contributed by atoms with Gasteiger partial charge in [0.25, 0.3) is 0 Å². The topological polar surface area (TPSA) is 73.6 Å². The van der Waals surface area contributed by atoms with Gasteiger partial charge in [0.05, 0.1) is 12.1 Å². The fourth-order valence-corrected chi connectivity index (χ4v) is 1.40. The number of hydrogen-bond donors (Lipinski definition) is 2. The van der Waals surface area contributed by atoms with E-state index >= 15 is 0 Å². The lowest BCUT2D eigenvalue weighted by Crippen LogP contribution is -2.27. The fourth-order valence-electron chi connectivity index (χ4n) is 1.40. The molecular weight excluding hydrogens is 259 g/mol. The Morgan fingerprint density at radius 2 is 2.05 bits per heavy atom. The minimum absolute atomic E-state index is 0.0777. The second kappa shape index (κ2) is 6.31. The molecule has 0 fully saturated rings. The van der Waals surface area contributed by atoms with Crippen LogP contribution in [0.2, 0.25) is 0 Å². The van der Waals surface area contributed by atoms with E-state index in [4.69, 9.17) is 16.2 Å². The van der Waals surface area contributed by atoms with Gasteiger partial charge in [-0.15, -0.1) is 0 Å². The molecule has 0 aliphatic heterocycles. The van der Waals surface area contributed by atoms with E-state index in [9.17, 15) is 13.2 Å². The van der Waals surface area contributed by atoms with Crippen LogP contribution >= 0.6 is 0 Å². The maximum Gasteiger partial charge on any atom is 0.416 e. The van der Waals surface area contributed by atoms with Crippen molar-refractivity contribution in [3.05, 3.63) is 29.8 Å². The third-order valence-electron chi connectivity index (χ3n) is 2.40. The Balaban J connectivity index is 2.78. The molecule has 1 aromatic rings. The van der Waals surface area contributed by atoms with Gasteiger partial charge in [-0.25, -0.2) is 4.99 Å². The van der Waals surface area contributed by atoms with Crippen LogP contribution in [0.1, 0.15) is 18.9 Å². The summed E-state index contributed by atoms with van der Waals surface area (Å²) in [5.74, 6) is 0.0681. The van der Waals surface area contributed by atoms with Crippen LogP contribution in [-0.4, -0.2) is 18.6 Å². The first-order valence-electron chi connectivity index (χ1n) is 5.72. The van der Waals surface area contributed by atoms with Crippen LogP contribution in [-0.2, 0) is 6.18 Å². The lowest BCUT2D eigenvalue weighted by atomic mass is 10.2. The molecule has 0 spiro atoms. The molecule has 1 unspecified atom stereocenters. The predicted octanol–water partition coefficient (Wildman–Crippen LogP) is 2.14. The average molecular weight is 275 g/mol. The Morgan fingerprint density at radius 1 is 1.37 bits per heavy atom. The van der Waals surface area contributed by atoms with Gasteiger partial charge in [0.2, 0.25) is 0 Å². The summed E-state index contributed by atoms with van der Waals surface area (Å²) in [5, 5.41) is 0. The number of alkyl halides is 3. The number of halogens is 3. The number of rotatable bonds is 5. The van der Waals surface area contributed by atoms with Gasteiger partial charge in [0.15, 0.2) is 5.96 Å². The number of aliphatic imine (C=N–C) groups is 1. The number of guanidine groups is 1. The zero-order chi connectivity index (χ0) is 14.5. The summed E-state index contributed by atoms with van der Waals surface area (Å²) in [6, 6.07) is 4.71. The Hall–Kier alpha value is -1.92. The number of ether oxygens (including phenoxy) is 1. The monoisotopic (exact) mass is 275 g/mol. The molecule has 4 nitrogen and oxygen atoms in total. The van der Waals surface area contributed by atoms with Crippen molar-refractivity contribution >= 4 is 5.96 Å². The third-order valence-corrected chi connectivity index (χ3v) is 2.40. The lowest BCUT2D eigenvalue weighted by Gasteiger charge is -2.16. The van der Waals surface area contributed by atoms with Gasteiger partial charge >= 0.3 is 6.18 Å². The van der Waals surface area contributed by atoms with Crippen molar-refractivity contribution in [2.75, 3.05) is 6.54 Å². The van der Waals surface area contributed by atoms with Crippen LogP contribution in [0.4, 0.5) is 13.2 Å². The first-order valence-corrected chi connectivity index (χ1v) is 5.72. The number of nitrogens with zero attached hydrogens (tertiary/aromatic N) is 1. The summed E-state index contributed by atoms with van der Waals surface area (Å²) in [5.41, 5.74) is 9.64. The molecule has 7 heteroatoms. The van der Waals surface area contributed by atoms with Crippen molar-refractivity contribution in [2.24, 2.45) is 16.5 Å². The molecule has 0 heterocycles. The molecule has 0 radical (unpaired) electrons. The largest absolute Gasteiger partial charge is 0.488 e. The Morgan fingerprint density at radius 3 is 2.58 bits per heavy atom. The minimum atomic E-state index is -4.39. The fraction of sp³-hybridized carbons (Fsp3) is 0.417.